The van der Waals surface area contributed by atoms with Crippen LogP contribution in [0, 0.1) is 5.41 Å². The molecule has 112 valence electrons. The van der Waals surface area contributed by atoms with Gasteiger partial charge in [0, 0.05) is 0 Å². The van der Waals surface area contributed by atoms with Crippen molar-refractivity contribution in [3.05, 3.63) is 5.82 Å². The van der Waals surface area contributed by atoms with Crippen LogP contribution < -0.4 is 0 Å². The Morgan fingerprint density at radius 3 is 2.30 bits per heavy atom. The van der Waals surface area contributed by atoms with Crippen molar-refractivity contribution in [2.45, 2.75) is 37.9 Å². The topological polar surface area (TPSA) is 80.9 Å². The molecule has 0 atom stereocenters. The van der Waals surface area contributed by atoms with Crippen molar-refractivity contribution >= 4 is 5.97 Å². The van der Waals surface area contributed by atoms with E-state index >= 15 is 0 Å². The molecule has 0 aromatic carbocycles. The van der Waals surface area contributed by atoms with Gasteiger partial charge < -0.3 is 5.11 Å². The third-order valence-electron chi connectivity index (χ3n) is 3.39. The fourth-order valence-electron chi connectivity index (χ4n) is 1.99. The van der Waals surface area contributed by atoms with Crippen LogP contribution in [0.15, 0.2) is 0 Å². The van der Waals surface area contributed by atoms with Gasteiger partial charge in [-0.1, -0.05) is 6.42 Å². The second-order valence-corrected chi connectivity index (χ2v) is 4.67. The summed E-state index contributed by atoms with van der Waals surface area (Å²) in [4.78, 5) is 11.1. The van der Waals surface area contributed by atoms with Crippen LogP contribution in [0.5, 0.6) is 0 Å². The summed E-state index contributed by atoms with van der Waals surface area (Å²) >= 11 is 0. The van der Waals surface area contributed by atoms with Gasteiger partial charge in [-0.15, -0.1) is 5.10 Å². The molecule has 11 heteroatoms. The molecule has 2 rings (SSSR count). The van der Waals surface area contributed by atoms with E-state index < -0.39 is 35.9 Å². The summed E-state index contributed by atoms with van der Waals surface area (Å²) in [6.45, 7) is -0.615. The number of carboxylic acids is 1. The van der Waals surface area contributed by atoms with Gasteiger partial charge in [-0.3, -0.25) is 4.79 Å². The molecule has 0 amide bonds. The molecule has 1 aromatic heterocycles. The molecular formula is C9H9F5N4O2. The fourth-order valence-corrected chi connectivity index (χ4v) is 1.99. The van der Waals surface area contributed by atoms with Crippen molar-refractivity contribution in [3.63, 3.8) is 0 Å². The van der Waals surface area contributed by atoms with Gasteiger partial charge in [0.1, 0.15) is 0 Å². The number of aliphatic carboxylic acids is 1. The maximum absolute atomic E-state index is 13.2. The fraction of sp³-hybridized carbons (Fsp3) is 0.778. The molecule has 1 aromatic rings. The van der Waals surface area contributed by atoms with Gasteiger partial charge in [-0.05, 0) is 23.3 Å². The first kappa shape index (κ1) is 14.6. The SMILES string of the molecule is O=C(O)C1(Cn2nnnc2C(F)(F)C(F)(F)F)CCC1. The molecule has 6 nitrogen and oxygen atoms in total. The van der Waals surface area contributed by atoms with Crippen LogP contribution >= 0.6 is 0 Å². The van der Waals surface area contributed by atoms with E-state index in [1.54, 1.807) is 0 Å². The first-order chi connectivity index (χ1) is 9.10. The number of alkyl halides is 5. The number of carbonyl (C=O) groups is 1. The molecule has 0 aliphatic heterocycles. The predicted octanol–water partition coefficient (Wildman–Crippen LogP) is 1.58. The third-order valence-corrected chi connectivity index (χ3v) is 3.39. The van der Waals surface area contributed by atoms with E-state index in [1.165, 1.54) is 0 Å². The molecule has 0 radical (unpaired) electrons. The molecule has 1 fully saturated rings. The van der Waals surface area contributed by atoms with Crippen LogP contribution in [0.2, 0.25) is 0 Å². The second-order valence-electron chi connectivity index (χ2n) is 4.67. The Kier molecular flexibility index (Phi) is 3.17. The van der Waals surface area contributed by atoms with Gasteiger partial charge in [-0.2, -0.15) is 22.0 Å². The van der Waals surface area contributed by atoms with Gasteiger partial charge >= 0.3 is 18.1 Å². The standard InChI is InChI=1S/C9H9F5N4O2/c10-8(11,9(12,13)14)5-15-16-17-18(5)4-7(6(19)20)2-1-3-7/h1-4H2,(H,19,20). The number of hydrogen-bond donors (Lipinski definition) is 1. The molecule has 0 saturated heterocycles. The number of rotatable bonds is 4. The van der Waals surface area contributed by atoms with Crippen molar-refractivity contribution in [3.8, 4) is 0 Å². The molecule has 1 N–H and O–H groups in total. The average Bonchev–Trinajstić information content (AvgIpc) is 2.69. The summed E-state index contributed by atoms with van der Waals surface area (Å²) in [6, 6.07) is 0. The van der Waals surface area contributed by atoms with Crippen LogP contribution in [-0.4, -0.2) is 37.5 Å². The van der Waals surface area contributed by atoms with E-state index in [2.05, 4.69) is 15.5 Å². The Morgan fingerprint density at radius 1 is 1.30 bits per heavy atom. The molecule has 20 heavy (non-hydrogen) atoms. The van der Waals surface area contributed by atoms with Crippen molar-refractivity contribution in [2.24, 2.45) is 5.41 Å². The highest BCUT2D eigenvalue weighted by molar-refractivity contribution is 5.75. The lowest BCUT2D eigenvalue weighted by molar-refractivity contribution is -0.294. The number of tetrazole rings is 1. The van der Waals surface area contributed by atoms with Gasteiger partial charge in [0.15, 0.2) is 0 Å². The highest BCUT2D eigenvalue weighted by atomic mass is 19.4. The molecule has 1 saturated carbocycles. The van der Waals surface area contributed by atoms with Crippen molar-refractivity contribution < 1.29 is 31.9 Å². The lowest BCUT2D eigenvalue weighted by Crippen LogP contribution is -2.44. The minimum atomic E-state index is -5.85. The Morgan fingerprint density at radius 2 is 1.90 bits per heavy atom. The smallest absolute Gasteiger partial charge is 0.461 e. The Bertz CT molecular complexity index is 523. The Hall–Kier alpha value is -1.81. The minimum Gasteiger partial charge on any atom is -0.481 e. The van der Waals surface area contributed by atoms with Gasteiger partial charge in [0.2, 0.25) is 5.82 Å². The molecule has 1 heterocycles. The van der Waals surface area contributed by atoms with Crippen molar-refractivity contribution in [2.75, 3.05) is 0 Å². The summed E-state index contributed by atoms with van der Waals surface area (Å²) in [6.07, 6.45) is -4.94. The zero-order valence-electron chi connectivity index (χ0n) is 9.86. The maximum atomic E-state index is 13.2. The highest BCUT2D eigenvalue weighted by Crippen LogP contribution is 2.45. The molecule has 0 spiro atoms. The van der Waals surface area contributed by atoms with E-state index in [0.29, 0.717) is 6.42 Å². The van der Waals surface area contributed by atoms with Gasteiger partial charge in [0.25, 0.3) is 0 Å². The molecule has 0 unspecified atom stereocenters. The number of hydrogen-bond acceptors (Lipinski definition) is 4. The zero-order chi connectivity index (χ0) is 15.2. The second kappa shape index (κ2) is 4.35. The maximum Gasteiger partial charge on any atom is 0.461 e. The largest absolute Gasteiger partial charge is 0.481 e. The van der Waals surface area contributed by atoms with E-state index in [4.69, 9.17) is 5.11 Å². The van der Waals surface area contributed by atoms with E-state index in [1.807, 2.05) is 0 Å². The summed E-state index contributed by atoms with van der Waals surface area (Å²) in [5, 5.41) is 17.6. The third kappa shape index (κ3) is 2.10. The normalized spacial score (nSPS) is 18.6. The van der Waals surface area contributed by atoms with Crippen molar-refractivity contribution in [1.29, 1.82) is 0 Å². The van der Waals surface area contributed by atoms with Crippen LogP contribution in [0.25, 0.3) is 0 Å². The number of aromatic nitrogens is 4. The molecule has 1 aliphatic carbocycles. The monoisotopic (exact) mass is 300 g/mol. The Balaban J connectivity index is 2.33. The van der Waals surface area contributed by atoms with Crippen LogP contribution in [0.4, 0.5) is 22.0 Å². The number of nitrogens with zero attached hydrogens (tertiary/aromatic N) is 4. The summed E-state index contributed by atoms with van der Waals surface area (Å²) in [7, 11) is 0. The van der Waals surface area contributed by atoms with Crippen molar-refractivity contribution in [1.82, 2.24) is 20.2 Å². The minimum absolute atomic E-state index is 0.180. The summed E-state index contributed by atoms with van der Waals surface area (Å²) in [5.41, 5.74) is -1.38. The summed E-state index contributed by atoms with van der Waals surface area (Å²) in [5.74, 6) is -8.20. The average molecular weight is 300 g/mol. The van der Waals surface area contributed by atoms with Gasteiger partial charge in [0.05, 0.1) is 12.0 Å². The molecule has 1 aliphatic rings. The van der Waals surface area contributed by atoms with Crippen LogP contribution in [0.1, 0.15) is 25.1 Å². The lowest BCUT2D eigenvalue weighted by atomic mass is 9.69. The number of carboxylic acid groups (broad SMARTS) is 1. The van der Waals surface area contributed by atoms with E-state index in [-0.39, 0.29) is 17.5 Å². The highest BCUT2D eigenvalue weighted by Gasteiger charge is 2.63. The van der Waals surface area contributed by atoms with E-state index in [9.17, 15) is 26.7 Å². The first-order valence-corrected chi connectivity index (χ1v) is 5.55. The van der Waals surface area contributed by atoms with Crippen LogP contribution in [-0.2, 0) is 17.3 Å². The lowest BCUT2D eigenvalue weighted by Gasteiger charge is -2.37. The first-order valence-electron chi connectivity index (χ1n) is 5.55. The van der Waals surface area contributed by atoms with Gasteiger partial charge in [-0.25, -0.2) is 4.68 Å². The molecule has 0 bridgehead atoms. The Labute approximate surface area is 108 Å². The summed E-state index contributed by atoms with van der Waals surface area (Å²) < 4.78 is 63.5. The quantitative estimate of drug-likeness (QED) is 0.854. The van der Waals surface area contributed by atoms with E-state index in [0.717, 1.165) is 0 Å². The zero-order valence-corrected chi connectivity index (χ0v) is 9.86. The predicted molar refractivity (Wildman–Crippen MR) is 51.7 cm³/mol. The molecular weight excluding hydrogens is 291 g/mol. The number of halogens is 5. The van der Waals surface area contributed by atoms with Crippen LogP contribution in [0.3, 0.4) is 0 Å².